The third-order valence-electron chi connectivity index (χ3n) is 4.79. The number of ether oxygens (including phenoxy) is 1. The molecule has 4 aromatic rings. The summed E-state index contributed by atoms with van der Waals surface area (Å²) in [5, 5.41) is 1.10. The zero-order chi connectivity index (χ0) is 20.2. The van der Waals surface area contributed by atoms with Gasteiger partial charge in [-0.2, -0.15) is 0 Å². The minimum atomic E-state index is -0.363. The Kier molecular flexibility index (Phi) is 5.25. The Morgan fingerprint density at radius 1 is 1.03 bits per heavy atom. The summed E-state index contributed by atoms with van der Waals surface area (Å²) in [5.74, 6) is -0.363. The Labute approximate surface area is 169 Å². The Hall–Kier alpha value is -3.66. The van der Waals surface area contributed by atoms with Crippen LogP contribution in [-0.4, -0.2) is 23.8 Å². The van der Waals surface area contributed by atoms with E-state index in [0.29, 0.717) is 17.9 Å². The first kappa shape index (κ1) is 18.7. The number of hydrogen-bond donors (Lipinski definition) is 1. The third-order valence-corrected chi connectivity index (χ3v) is 4.79. The lowest BCUT2D eigenvalue weighted by atomic mass is 10.0. The number of nitrogens with zero attached hydrogens (tertiary/aromatic N) is 1. The molecule has 0 unspecified atom stereocenters. The van der Waals surface area contributed by atoms with E-state index in [1.54, 1.807) is 13.0 Å². The summed E-state index contributed by atoms with van der Waals surface area (Å²) in [6.07, 6.45) is 1.83. The molecule has 1 aromatic heterocycles. The summed E-state index contributed by atoms with van der Waals surface area (Å²) in [6, 6.07) is 23.7. The number of aryl methyl sites for hydroxylation is 1. The van der Waals surface area contributed by atoms with Crippen molar-refractivity contribution in [2.24, 2.45) is 4.99 Å². The molecule has 4 heteroatoms. The summed E-state index contributed by atoms with van der Waals surface area (Å²) in [4.78, 5) is 20.5. The number of H-pyrrole nitrogens is 1. The predicted octanol–water partition coefficient (Wildman–Crippen LogP) is 6.07. The molecule has 0 aliphatic carbocycles. The average molecular weight is 382 g/mol. The van der Waals surface area contributed by atoms with Crippen LogP contribution in [0.4, 0.5) is 5.69 Å². The number of aromatic amines is 1. The molecule has 0 fully saturated rings. The van der Waals surface area contributed by atoms with Gasteiger partial charge in [0.2, 0.25) is 0 Å². The molecule has 0 radical (unpaired) electrons. The molecule has 0 spiro atoms. The Bertz CT molecular complexity index is 1190. The highest BCUT2D eigenvalue weighted by atomic mass is 16.5. The number of rotatable bonds is 5. The van der Waals surface area contributed by atoms with Gasteiger partial charge in [-0.1, -0.05) is 54.1 Å². The van der Waals surface area contributed by atoms with Crippen LogP contribution >= 0.6 is 0 Å². The van der Waals surface area contributed by atoms with Crippen LogP contribution in [-0.2, 0) is 4.74 Å². The van der Waals surface area contributed by atoms with Crippen LogP contribution < -0.4 is 0 Å². The molecule has 144 valence electrons. The van der Waals surface area contributed by atoms with Gasteiger partial charge in [0.15, 0.2) is 0 Å². The van der Waals surface area contributed by atoms with Crippen LogP contribution in [0.2, 0.25) is 0 Å². The first-order chi connectivity index (χ1) is 14.2. The van der Waals surface area contributed by atoms with Gasteiger partial charge in [-0.3, -0.25) is 4.99 Å². The van der Waals surface area contributed by atoms with Crippen molar-refractivity contribution >= 4 is 28.8 Å². The fraction of sp³-hybridized carbons (Fsp3) is 0.120. The SMILES string of the molecule is CCOC(=O)c1ccccc1N=Cc1c(-c2ccccc2)[nH]c2ccc(C)cc12. The normalized spacial score (nSPS) is 11.2. The molecular weight excluding hydrogens is 360 g/mol. The number of hydrogen-bond acceptors (Lipinski definition) is 3. The minimum absolute atomic E-state index is 0.330. The molecular formula is C25H22N2O2. The van der Waals surface area contributed by atoms with Crippen molar-refractivity contribution in [2.45, 2.75) is 13.8 Å². The molecule has 0 aliphatic heterocycles. The highest BCUT2D eigenvalue weighted by Crippen LogP contribution is 2.30. The van der Waals surface area contributed by atoms with E-state index in [4.69, 9.17) is 4.74 Å². The van der Waals surface area contributed by atoms with Gasteiger partial charge in [0.25, 0.3) is 0 Å². The standard InChI is InChI=1S/C25H22N2O2/c1-3-29-25(28)19-11-7-8-12-22(19)26-16-21-20-15-17(2)13-14-23(20)27-24(21)18-9-5-4-6-10-18/h4-16,27H,3H2,1-2H3. The smallest absolute Gasteiger partial charge is 0.340 e. The highest BCUT2D eigenvalue weighted by Gasteiger charge is 2.14. The van der Waals surface area contributed by atoms with E-state index in [1.165, 1.54) is 5.56 Å². The minimum Gasteiger partial charge on any atom is -0.462 e. The average Bonchev–Trinajstić information content (AvgIpc) is 3.11. The maximum Gasteiger partial charge on any atom is 0.340 e. The number of carbonyl (C=O) groups excluding carboxylic acids is 1. The number of aromatic nitrogens is 1. The van der Waals surface area contributed by atoms with E-state index in [0.717, 1.165) is 27.7 Å². The van der Waals surface area contributed by atoms with Gasteiger partial charge < -0.3 is 9.72 Å². The molecule has 4 rings (SSSR count). The highest BCUT2D eigenvalue weighted by molar-refractivity contribution is 6.07. The number of benzene rings is 3. The van der Waals surface area contributed by atoms with Crippen molar-refractivity contribution in [1.82, 2.24) is 4.98 Å². The molecule has 0 aliphatic rings. The van der Waals surface area contributed by atoms with Gasteiger partial charge in [0, 0.05) is 22.7 Å². The Morgan fingerprint density at radius 3 is 2.59 bits per heavy atom. The largest absolute Gasteiger partial charge is 0.462 e. The molecule has 0 atom stereocenters. The van der Waals surface area contributed by atoms with Crippen molar-refractivity contribution in [1.29, 1.82) is 0 Å². The molecule has 0 saturated heterocycles. The summed E-state index contributed by atoms with van der Waals surface area (Å²) < 4.78 is 5.17. The second-order valence-electron chi connectivity index (χ2n) is 6.82. The van der Waals surface area contributed by atoms with Gasteiger partial charge in [0.05, 0.1) is 23.6 Å². The van der Waals surface area contributed by atoms with Crippen LogP contribution in [0, 0.1) is 6.92 Å². The Balaban J connectivity index is 1.85. The zero-order valence-electron chi connectivity index (χ0n) is 16.5. The van der Waals surface area contributed by atoms with E-state index in [-0.39, 0.29) is 5.97 Å². The molecule has 0 saturated carbocycles. The first-order valence-corrected chi connectivity index (χ1v) is 9.65. The van der Waals surface area contributed by atoms with Crippen molar-refractivity contribution in [3.05, 3.63) is 89.5 Å². The lowest BCUT2D eigenvalue weighted by Crippen LogP contribution is -2.04. The van der Waals surface area contributed by atoms with Crippen molar-refractivity contribution < 1.29 is 9.53 Å². The van der Waals surface area contributed by atoms with Gasteiger partial charge >= 0.3 is 5.97 Å². The lowest BCUT2D eigenvalue weighted by molar-refractivity contribution is 0.0527. The maximum atomic E-state index is 12.3. The van der Waals surface area contributed by atoms with Crippen molar-refractivity contribution in [3.63, 3.8) is 0 Å². The predicted molar refractivity (Wildman–Crippen MR) is 118 cm³/mol. The number of esters is 1. The van der Waals surface area contributed by atoms with E-state index < -0.39 is 0 Å². The van der Waals surface area contributed by atoms with Crippen molar-refractivity contribution in [3.8, 4) is 11.3 Å². The molecule has 3 aromatic carbocycles. The lowest BCUT2D eigenvalue weighted by Gasteiger charge is -2.05. The van der Waals surface area contributed by atoms with Gasteiger partial charge in [0.1, 0.15) is 0 Å². The van der Waals surface area contributed by atoms with Crippen molar-refractivity contribution in [2.75, 3.05) is 6.61 Å². The number of nitrogens with one attached hydrogen (secondary N) is 1. The Morgan fingerprint density at radius 2 is 1.79 bits per heavy atom. The van der Waals surface area contributed by atoms with E-state index in [1.807, 2.05) is 42.6 Å². The summed E-state index contributed by atoms with van der Waals surface area (Å²) in [5.41, 5.74) is 6.36. The first-order valence-electron chi connectivity index (χ1n) is 9.65. The van der Waals surface area contributed by atoms with Gasteiger partial charge in [-0.25, -0.2) is 4.79 Å². The van der Waals surface area contributed by atoms with Crippen LogP contribution in [0.25, 0.3) is 22.2 Å². The quantitative estimate of drug-likeness (QED) is 0.336. The van der Waals surface area contributed by atoms with Gasteiger partial charge in [-0.05, 0) is 43.7 Å². The topological polar surface area (TPSA) is 54.4 Å². The molecule has 0 bridgehead atoms. The summed E-state index contributed by atoms with van der Waals surface area (Å²) in [7, 11) is 0. The second-order valence-corrected chi connectivity index (χ2v) is 6.82. The van der Waals surface area contributed by atoms with Crippen LogP contribution in [0.3, 0.4) is 0 Å². The summed E-state index contributed by atoms with van der Waals surface area (Å²) in [6.45, 7) is 4.20. The zero-order valence-corrected chi connectivity index (χ0v) is 16.5. The maximum absolute atomic E-state index is 12.3. The van der Waals surface area contributed by atoms with E-state index in [2.05, 4.69) is 47.2 Å². The van der Waals surface area contributed by atoms with E-state index in [9.17, 15) is 4.79 Å². The number of para-hydroxylation sites is 1. The fourth-order valence-corrected chi connectivity index (χ4v) is 3.39. The van der Waals surface area contributed by atoms with Crippen LogP contribution in [0.5, 0.6) is 0 Å². The number of carbonyl (C=O) groups is 1. The van der Waals surface area contributed by atoms with E-state index >= 15 is 0 Å². The molecule has 1 heterocycles. The monoisotopic (exact) mass is 382 g/mol. The molecule has 0 amide bonds. The third kappa shape index (κ3) is 3.83. The molecule has 29 heavy (non-hydrogen) atoms. The summed E-state index contributed by atoms with van der Waals surface area (Å²) >= 11 is 0. The molecule has 1 N–H and O–H groups in total. The fourth-order valence-electron chi connectivity index (χ4n) is 3.39. The van der Waals surface area contributed by atoms with Crippen LogP contribution in [0.1, 0.15) is 28.4 Å². The van der Waals surface area contributed by atoms with Crippen LogP contribution in [0.15, 0.2) is 77.8 Å². The number of fused-ring (bicyclic) bond motifs is 1. The number of aliphatic imine (C=N–C) groups is 1. The molecule has 4 nitrogen and oxygen atoms in total. The second kappa shape index (κ2) is 8.15. The van der Waals surface area contributed by atoms with Gasteiger partial charge in [-0.15, -0.1) is 0 Å².